The summed E-state index contributed by atoms with van der Waals surface area (Å²) in [5.74, 6) is 2.51. The molecule has 0 radical (unpaired) electrons. The van der Waals surface area contributed by atoms with Crippen molar-refractivity contribution in [2.24, 2.45) is 4.99 Å². The number of benzene rings is 1. The molecule has 1 aromatic rings. The molecule has 2 saturated heterocycles. The van der Waals surface area contributed by atoms with Gasteiger partial charge >= 0.3 is 0 Å². The van der Waals surface area contributed by atoms with E-state index in [2.05, 4.69) is 20.1 Å². The zero-order valence-electron chi connectivity index (χ0n) is 18.9. The van der Waals surface area contributed by atoms with Crippen LogP contribution in [0.3, 0.4) is 0 Å². The lowest BCUT2D eigenvalue weighted by atomic mass is 10.3. The molecule has 2 fully saturated rings. The van der Waals surface area contributed by atoms with E-state index >= 15 is 0 Å². The summed E-state index contributed by atoms with van der Waals surface area (Å²) in [7, 11) is 3.43. The summed E-state index contributed by atoms with van der Waals surface area (Å²) in [6.45, 7) is 9.13. The number of morpholine rings is 1. The van der Waals surface area contributed by atoms with Gasteiger partial charge in [-0.2, -0.15) is 0 Å². The molecule has 1 amide bonds. The summed E-state index contributed by atoms with van der Waals surface area (Å²) in [4.78, 5) is 23.2. The minimum absolute atomic E-state index is 0.0551. The number of methoxy groups -OCH3 is 1. The first-order valence-electron chi connectivity index (χ1n) is 10.9. The van der Waals surface area contributed by atoms with E-state index in [1.165, 1.54) is 0 Å². The van der Waals surface area contributed by atoms with Gasteiger partial charge in [0.05, 0.1) is 33.4 Å². The maximum atomic E-state index is 12.5. The molecule has 0 aromatic heterocycles. The highest BCUT2D eigenvalue weighted by Crippen LogP contribution is 2.26. The fourth-order valence-corrected chi connectivity index (χ4v) is 3.76. The third-order valence-corrected chi connectivity index (χ3v) is 5.55. The second-order valence-electron chi connectivity index (χ2n) is 7.76. The summed E-state index contributed by atoms with van der Waals surface area (Å²) < 4.78 is 16.7. The highest BCUT2D eigenvalue weighted by molar-refractivity contribution is 5.80. The van der Waals surface area contributed by atoms with Crippen molar-refractivity contribution >= 4 is 11.9 Å². The fraction of sp³-hybridized carbons (Fsp3) is 0.636. The second-order valence-corrected chi connectivity index (χ2v) is 7.76. The van der Waals surface area contributed by atoms with Gasteiger partial charge < -0.3 is 29.3 Å². The van der Waals surface area contributed by atoms with Crippen LogP contribution in [0.2, 0.25) is 0 Å². The van der Waals surface area contributed by atoms with Gasteiger partial charge in [0.25, 0.3) is 0 Å². The van der Waals surface area contributed by atoms with Crippen LogP contribution in [-0.4, -0.2) is 112 Å². The van der Waals surface area contributed by atoms with Crippen LogP contribution in [0, 0.1) is 0 Å². The molecule has 2 heterocycles. The quantitative estimate of drug-likeness (QED) is 0.496. The number of nitrogens with zero attached hydrogens (tertiary/aromatic N) is 4. The normalized spacial score (nSPS) is 19.1. The van der Waals surface area contributed by atoms with Crippen LogP contribution in [-0.2, 0) is 9.53 Å². The van der Waals surface area contributed by atoms with Gasteiger partial charge in [-0.1, -0.05) is 12.1 Å². The van der Waals surface area contributed by atoms with Gasteiger partial charge in [-0.25, -0.2) is 0 Å². The van der Waals surface area contributed by atoms with Crippen LogP contribution in [0.5, 0.6) is 11.5 Å². The molecule has 0 spiro atoms. The van der Waals surface area contributed by atoms with Crippen molar-refractivity contribution in [1.82, 2.24) is 20.0 Å². The Morgan fingerprint density at radius 3 is 2.42 bits per heavy atom. The Hall–Kier alpha value is -2.52. The van der Waals surface area contributed by atoms with Crippen LogP contribution in [0.1, 0.15) is 6.92 Å². The molecule has 1 N–H and O–H groups in total. The number of guanidine groups is 1. The predicted octanol–water partition coefficient (Wildman–Crippen LogP) is 0.514. The molecule has 9 nitrogen and oxygen atoms in total. The van der Waals surface area contributed by atoms with Crippen molar-refractivity contribution in [3.05, 3.63) is 24.3 Å². The summed E-state index contributed by atoms with van der Waals surface area (Å²) in [6.07, 6.45) is -0.0551. The highest BCUT2D eigenvalue weighted by Gasteiger charge is 2.24. The van der Waals surface area contributed by atoms with E-state index in [1.54, 1.807) is 14.2 Å². The molecule has 1 unspecified atom stereocenters. The number of hydrogen-bond acceptors (Lipinski definition) is 6. The molecule has 0 bridgehead atoms. The number of carbonyl (C=O) groups is 1. The number of aliphatic imine (C=N–C) groups is 1. The largest absolute Gasteiger partial charge is 0.493 e. The molecule has 9 heteroatoms. The Bertz CT molecular complexity index is 730. The smallest absolute Gasteiger partial charge is 0.236 e. The van der Waals surface area contributed by atoms with Crippen molar-refractivity contribution < 1.29 is 19.0 Å². The third-order valence-electron chi connectivity index (χ3n) is 5.55. The Kier molecular flexibility index (Phi) is 8.78. The number of nitrogens with one attached hydrogen (secondary N) is 1. The maximum Gasteiger partial charge on any atom is 0.236 e. The van der Waals surface area contributed by atoms with Gasteiger partial charge in [-0.3, -0.25) is 14.7 Å². The van der Waals surface area contributed by atoms with E-state index < -0.39 is 0 Å². The van der Waals surface area contributed by atoms with Crippen LogP contribution >= 0.6 is 0 Å². The minimum atomic E-state index is -0.0551. The average molecular weight is 434 g/mol. The Balaban J connectivity index is 1.41. The maximum absolute atomic E-state index is 12.5. The summed E-state index contributed by atoms with van der Waals surface area (Å²) in [6, 6.07) is 7.64. The fourth-order valence-electron chi connectivity index (χ4n) is 3.76. The van der Waals surface area contributed by atoms with Crippen LogP contribution in [0.4, 0.5) is 0 Å². The molecule has 2 aliphatic heterocycles. The standard InChI is InChI=1S/C22H35N5O4/c1-18(31-20-7-5-4-6-19(20)29-3)16-24-22(23-2)27-10-8-25(9-11-27)17-21(28)26-12-14-30-15-13-26/h4-7,18H,8-17H2,1-3H3,(H,23,24). The van der Waals surface area contributed by atoms with Crippen molar-refractivity contribution in [3.63, 3.8) is 0 Å². The average Bonchev–Trinajstić information content (AvgIpc) is 2.81. The van der Waals surface area contributed by atoms with Crippen LogP contribution in [0.25, 0.3) is 0 Å². The van der Waals surface area contributed by atoms with E-state index in [4.69, 9.17) is 14.2 Å². The molecule has 1 atom stereocenters. The molecular weight excluding hydrogens is 398 g/mol. The highest BCUT2D eigenvalue weighted by atomic mass is 16.5. The minimum Gasteiger partial charge on any atom is -0.493 e. The van der Waals surface area contributed by atoms with E-state index in [9.17, 15) is 4.79 Å². The summed E-state index contributed by atoms with van der Waals surface area (Å²) >= 11 is 0. The van der Waals surface area contributed by atoms with Gasteiger partial charge in [0, 0.05) is 46.3 Å². The van der Waals surface area contributed by atoms with E-state index in [1.807, 2.05) is 36.1 Å². The molecule has 31 heavy (non-hydrogen) atoms. The number of piperazine rings is 1. The number of ether oxygens (including phenoxy) is 3. The SMILES string of the molecule is CN=C(NCC(C)Oc1ccccc1OC)N1CCN(CC(=O)N2CCOCC2)CC1. The first-order chi connectivity index (χ1) is 15.1. The van der Waals surface area contributed by atoms with Gasteiger partial charge in [0.2, 0.25) is 5.91 Å². The number of rotatable bonds is 7. The topological polar surface area (TPSA) is 78.9 Å². The molecular formula is C22H35N5O4. The Morgan fingerprint density at radius 1 is 1.10 bits per heavy atom. The van der Waals surface area contributed by atoms with Crippen molar-refractivity contribution in [2.75, 3.05) is 79.7 Å². The zero-order valence-corrected chi connectivity index (χ0v) is 18.9. The van der Waals surface area contributed by atoms with Crippen molar-refractivity contribution in [1.29, 1.82) is 0 Å². The number of carbonyl (C=O) groups excluding carboxylic acids is 1. The zero-order chi connectivity index (χ0) is 22.1. The van der Waals surface area contributed by atoms with Gasteiger partial charge in [0.1, 0.15) is 6.10 Å². The summed E-state index contributed by atoms with van der Waals surface area (Å²) in [5.41, 5.74) is 0. The first-order valence-corrected chi connectivity index (χ1v) is 10.9. The van der Waals surface area contributed by atoms with Crippen molar-refractivity contribution in [2.45, 2.75) is 13.0 Å². The molecule has 1 aromatic carbocycles. The van der Waals surface area contributed by atoms with Crippen LogP contribution in [0.15, 0.2) is 29.3 Å². The molecule has 2 aliphatic rings. The molecule has 0 saturated carbocycles. The van der Waals surface area contributed by atoms with E-state index in [0.717, 1.165) is 43.6 Å². The van der Waals surface area contributed by atoms with E-state index in [-0.39, 0.29) is 12.0 Å². The Labute approximate surface area is 184 Å². The molecule has 0 aliphatic carbocycles. The number of amides is 1. The third kappa shape index (κ3) is 6.73. The van der Waals surface area contributed by atoms with Crippen LogP contribution < -0.4 is 14.8 Å². The lowest BCUT2D eigenvalue weighted by Crippen LogP contribution is -2.55. The van der Waals surface area contributed by atoms with Crippen molar-refractivity contribution in [3.8, 4) is 11.5 Å². The monoisotopic (exact) mass is 433 g/mol. The molecule has 3 rings (SSSR count). The van der Waals surface area contributed by atoms with Gasteiger partial charge in [0.15, 0.2) is 17.5 Å². The molecule has 172 valence electrons. The Morgan fingerprint density at radius 2 is 1.77 bits per heavy atom. The lowest BCUT2D eigenvalue weighted by Gasteiger charge is -2.37. The number of hydrogen-bond donors (Lipinski definition) is 1. The van der Waals surface area contributed by atoms with Gasteiger partial charge in [-0.15, -0.1) is 0 Å². The second kappa shape index (κ2) is 11.8. The lowest BCUT2D eigenvalue weighted by molar-refractivity contribution is -0.136. The number of para-hydroxylation sites is 2. The predicted molar refractivity (Wildman–Crippen MR) is 120 cm³/mol. The summed E-state index contributed by atoms with van der Waals surface area (Å²) in [5, 5.41) is 3.41. The van der Waals surface area contributed by atoms with E-state index in [0.29, 0.717) is 39.4 Å². The van der Waals surface area contributed by atoms with Gasteiger partial charge in [-0.05, 0) is 19.1 Å². The first kappa shape index (κ1) is 23.1.